The zero-order chi connectivity index (χ0) is 22.8. The summed E-state index contributed by atoms with van der Waals surface area (Å²) in [5.41, 5.74) is 3.09. The van der Waals surface area contributed by atoms with E-state index >= 15 is 0 Å². The van der Waals surface area contributed by atoms with Gasteiger partial charge in [-0.15, -0.1) is 0 Å². The maximum Gasteiger partial charge on any atom is 0.408 e. The number of hydrogen-bond acceptors (Lipinski definition) is 5. The van der Waals surface area contributed by atoms with E-state index in [0.717, 1.165) is 16.8 Å². The number of alkyl carbamates (subject to hydrolysis) is 1. The average Bonchev–Trinajstić information content (AvgIpc) is 3.06. The molecule has 8 nitrogen and oxygen atoms in total. The molecule has 31 heavy (non-hydrogen) atoms. The maximum absolute atomic E-state index is 12.2. The van der Waals surface area contributed by atoms with Gasteiger partial charge in [-0.05, 0) is 63.6 Å². The number of carbonyl (C=O) groups is 2. The van der Waals surface area contributed by atoms with E-state index < -0.39 is 23.7 Å². The standard InChI is InChI=1S/C23H27N3O5/c1-14-7-6-12-26-18(13-17(21(27)28)24-22(29)31-23(2,3)4)19(25-20(14)26)15-8-10-16(30-5)11-9-15/h6-12,17H,13H2,1-5H3,(H,24,29)(H,27,28). The highest BCUT2D eigenvalue weighted by molar-refractivity contribution is 5.81. The lowest BCUT2D eigenvalue weighted by Crippen LogP contribution is -2.44. The van der Waals surface area contributed by atoms with Crippen molar-refractivity contribution in [2.24, 2.45) is 0 Å². The van der Waals surface area contributed by atoms with E-state index in [9.17, 15) is 14.7 Å². The molecule has 1 amide bonds. The number of aryl methyl sites for hydroxylation is 1. The highest BCUT2D eigenvalue weighted by atomic mass is 16.6. The van der Waals surface area contributed by atoms with Gasteiger partial charge in [0.2, 0.25) is 0 Å². The minimum absolute atomic E-state index is 0.0283. The van der Waals surface area contributed by atoms with Gasteiger partial charge < -0.3 is 24.3 Å². The molecule has 1 aromatic carbocycles. The Labute approximate surface area is 180 Å². The lowest BCUT2D eigenvalue weighted by Gasteiger charge is -2.22. The molecular formula is C23H27N3O5. The molecule has 0 bridgehead atoms. The van der Waals surface area contributed by atoms with E-state index in [1.165, 1.54) is 0 Å². The lowest BCUT2D eigenvalue weighted by molar-refractivity contribution is -0.139. The summed E-state index contributed by atoms with van der Waals surface area (Å²) in [5, 5.41) is 12.2. The van der Waals surface area contributed by atoms with Gasteiger partial charge in [0.15, 0.2) is 0 Å². The van der Waals surface area contributed by atoms with Crippen LogP contribution in [0.3, 0.4) is 0 Å². The highest BCUT2D eigenvalue weighted by Crippen LogP contribution is 2.28. The zero-order valence-corrected chi connectivity index (χ0v) is 18.3. The number of rotatable bonds is 6. The van der Waals surface area contributed by atoms with Crippen molar-refractivity contribution in [3.63, 3.8) is 0 Å². The second kappa shape index (κ2) is 8.67. The number of ether oxygens (including phenoxy) is 2. The van der Waals surface area contributed by atoms with Crippen molar-refractivity contribution >= 4 is 17.7 Å². The van der Waals surface area contributed by atoms with Crippen molar-refractivity contribution in [3.05, 3.63) is 53.9 Å². The van der Waals surface area contributed by atoms with Crippen molar-refractivity contribution in [2.75, 3.05) is 7.11 Å². The molecule has 0 aliphatic rings. The van der Waals surface area contributed by atoms with Gasteiger partial charge in [-0.1, -0.05) is 6.07 Å². The number of aromatic nitrogens is 2. The second-order valence-electron chi connectivity index (χ2n) is 8.26. The van der Waals surface area contributed by atoms with Gasteiger partial charge in [0.25, 0.3) is 0 Å². The largest absolute Gasteiger partial charge is 0.497 e. The fourth-order valence-electron chi connectivity index (χ4n) is 3.27. The van der Waals surface area contributed by atoms with Gasteiger partial charge in [-0.2, -0.15) is 0 Å². The minimum atomic E-state index is -1.19. The Hall–Kier alpha value is -3.55. The topological polar surface area (TPSA) is 102 Å². The van der Waals surface area contributed by atoms with Crippen LogP contribution in [0.4, 0.5) is 4.79 Å². The first-order valence-electron chi connectivity index (χ1n) is 9.92. The van der Waals surface area contributed by atoms with Crippen molar-refractivity contribution in [2.45, 2.75) is 45.8 Å². The normalized spacial score (nSPS) is 12.4. The zero-order valence-electron chi connectivity index (χ0n) is 18.3. The van der Waals surface area contributed by atoms with Crippen molar-refractivity contribution in [3.8, 4) is 17.0 Å². The van der Waals surface area contributed by atoms with Gasteiger partial charge in [-0.3, -0.25) is 0 Å². The molecule has 0 saturated heterocycles. The van der Waals surface area contributed by atoms with Crippen LogP contribution in [0.15, 0.2) is 42.6 Å². The molecule has 0 fully saturated rings. The molecule has 0 aliphatic heterocycles. The summed E-state index contributed by atoms with van der Waals surface area (Å²) in [6, 6.07) is 10.0. The number of nitrogens with zero attached hydrogens (tertiary/aromatic N) is 2. The highest BCUT2D eigenvalue weighted by Gasteiger charge is 2.27. The predicted molar refractivity (Wildman–Crippen MR) is 116 cm³/mol. The third-order valence-electron chi connectivity index (χ3n) is 4.69. The van der Waals surface area contributed by atoms with Crippen LogP contribution in [0.5, 0.6) is 5.75 Å². The van der Waals surface area contributed by atoms with Crippen LogP contribution in [-0.2, 0) is 16.0 Å². The van der Waals surface area contributed by atoms with Crippen molar-refractivity contribution in [1.29, 1.82) is 0 Å². The SMILES string of the molecule is COc1ccc(-c2nc3c(C)cccn3c2CC(NC(=O)OC(C)(C)C)C(=O)O)cc1. The Morgan fingerprint density at radius 3 is 2.45 bits per heavy atom. The van der Waals surface area contributed by atoms with Crippen LogP contribution < -0.4 is 10.1 Å². The van der Waals surface area contributed by atoms with E-state index in [1.54, 1.807) is 27.9 Å². The summed E-state index contributed by atoms with van der Waals surface area (Å²) in [6.07, 6.45) is 1.08. The van der Waals surface area contributed by atoms with Crippen LogP contribution in [0.1, 0.15) is 32.0 Å². The molecule has 8 heteroatoms. The summed E-state index contributed by atoms with van der Waals surface area (Å²) in [6.45, 7) is 7.10. The Bertz CT molecular complexity index is 1100. The van der Waals surface area contributed by atoms with Crippen LogP contribution in [0.2, 0.25) is 0 Å². The summed E-state index contributed by atoms with van der Waals surface area (Å²) >= 11 is 0. The number of amides is 1. The number of imidazole rings is 1. The van der Waals surface area contributed by atoms with E-state index in [4.69, 9.17) is 14.5 Å². The van der Waals surface area contributed by atoms with E-state index in [1.807, 2.05) is 53.9 Å². The molecular weight excluding hydrogens is 398 g/mol. The fraction of sp³-hybridized carbons (Fsp3) is 0.348. The van der Waals surface area contributed by atoms with Gasteiger partial charge in [0, 0.05) is 18.2 Å². The molecule has 2 aromatic heterocycles. The third-order valence-corrected chi connectivity index (χ3v) is 4.69. The molecule has 1 unspecified atom stereocenters. The fourth-order valence-corrected chi connectivity index (χ4v) is 3.27. The molecule has 2 N–H and O–H groups in total. The average molecular weight is 425 g/mol. The summed E-state index contributed by atoms with van der Waals surface area (Å²) in [5.74, 6) is -0.450. The first-order valence-corrected chi connectivity index (χ1v) is 9.92. The number of fused-ring (bicyclic) bond motifs is 1. The maximum atomic E-state index is 12.2. The quantitative estimate of drug-likeness (QED) is 0.622. The Morgan fingerprint density at radius 1 is 1.19 bits per heavy atom. The molecule has 0 aliphatic carbocycles. The number of hydrogen-bond donors (Lipinski definition) is 2. The molecule has 0 saturated carbocycles. The second-order valence-corrected chi connectivity index (χ2v) is 8.26. The van der Waals surface area contributed by atoms with Crippen LogP contribution in [0, 0.1) is 6.92 Å². The first kappa shape index (κ1) is 22.1. The number of nitrogens with one attached hydrogen (secondary N) is 1. The van der Waals surface area contributed by atoms with Crippen molar-refractivity contribution in [1.82, 2.24) is 14.7 Å². The molecule has 0 radical (unpaired) electrons. The molecule has 0 spiro atoms. The summed E-state index contributed by atoms with van der Waals surface area (Å²) in [4.78, 5) is 28.9. The predicted octanol–water partition coefficient (Wildman–Crippen LogP) is 3.84. The van der Waals surface area contributed by atoms with Gasteiger partial charge in [0.1, 0.15) is 23.0 Å². The monoisotopic (exact) mass is 425 g/mol. The number of aliphatic carboxylic acids is 1. The van der Waals surface area contributed by atoms with Crippen molar-refractivity contribution < 1.29 is 24.2 Å². The first-order chi connectivity index (χ1) is 14.6. The van der Waals surface area contributed by atoms with E-state index in [2.05, 4.69) is 5.32 Å². The van der Waals surface area contributed by atoms with Gasteiger partial charge in [-0.25, -0.2) is 14.6 Å². The number of benzene rings is 1. The summed E-state index contributed by atoms with van der Waals surface area (Å²) < 4.78 is 12.3. The number of methoxy groups -OCH3 is 1. The Morgan fingerprint density at radius 2 is 1.87 bits per heavy atom. The molecule has 2 heterocycles. The smallest absolute Gasteiger partial charge is 0.408 e. The van der Waals surface area contributed by atoms with Crippen LogP contribution in [0.25, 0.3) is 16.9 Å². The molecule has 3 rings (SSSR count). The number of carbonyl (C=O) groups excluding carboxylic acids is 1. The summed E-state index contributed by atoms with van der Waals surface area (Å²) in [7, 11) is 1.59. The van der Waals surface area contributed by atoms with Gasteiger partial charge in [0.05, 0.1) is 18.5 Å². The number of pyridine rings is 1. The molecule has 164 valence electrons. The minimum Gasteiger partial charge on any atom is -0.497 e. The van der Waals surface area contributed by atoms with Gasteiger partial charge >= 0.3 is 12.1 Å². The number of carboxylic acids is 1. The Balaban J connectivity index is 2.03. The molecule has 1 atom stereocenters. The molecule has 3 aromatic rings. The Kier molecular flexibility index (Phi) is 6.19. The third kappa shape index (κ3) is 5.14. The van der Waals surface area contributed by atoms with E-state index in [0.29, 0.717) is 17.1 Å². The van der Waals surface area contributed by atoms with Crippen LogP contribution >= 0.6 is 0 Å². The number of carboxylic acid groups (broad SMARTS) is 1. The van der Waals surface area contributed by atoms with E-state index in [-0.39, 0.29) is 6.42 Å². The lowest BCUT2D eigenvalue weighted by atomic mass is 10.0. The van der Waals surface area contributed by atoms with Crippen LogP contribution in [-0.4, -0.2) is 45.3 Å².